The van der Waals surface area contributed by atoms with Crippen LogP contribution in [0.5, 0.6) is 0 Å². The second-order valence-electron chi connectivity index (χ2n) is 18.1. The standard InChI is InChI=1S/C31H40F2O2S2.C27H32F2O2S2.2CO2.K.H2O/c1-5-9-11-13-15-21-17-19-24(36-21)26-23(7-3)29(32)27(28(30(26)33)31(34)35-8-4)25-20-18-22(37-25)16-14-12-10-6-2;1-3-5-7-9-11-18-13-15-22(32-18)20-17-21(28)24(25(26(20)29)27(30)31)23-16-14-19(33-23)12-10-8-6-4-2;2*2-1-3;;/h17-20H,5-16H2,1-4H3;13-17H,3-12H2,1-2H3,(H,30,31);;;;1H2/q;;;;+1;/p-1. The first kappa shape index (κ1) is 72.3. The third kappa shape index (κ3) is 22.0. The fourth-order valence-electron chi connectivity index (χ4n) is 8.70. The number of carboxylic acid groups (broad SMARTS) is 1. The van der Waals surface area contributed by atoms with Crippen molar-refractivity contribution in [3.05, 3.63) is 114 Å². The Hall–Kier alpha value is -3.74. The number of unbranched alkanes of at least 4 members (excludes halogenated alkanes) is 12. The van der Waals surface area contributed by atoms with Gasteiger partial charge in [0.2, 0.25) is 0 Å². The summed E-state index contributed by atoms with van der Waals surface area (Å²) in [6, 6.07) is 16.1. The molecule has 0 radical (unpaired) electrons. The second kappa shape index (κ2) is 40.4. The molecule has 0 bridgehead atoms. The van der Waals surface area contributed by atoms with E-state index in [1.807, 2.05) is 43.3 Å². The van der Waals surface area contributed by atoms with Crippen LogP contribution in [-0.4, -0.2) is 41.4 Å². The van der Waals surface area contributed by atoms with Crippen LogP contribution in [0.2, 0.25) is 0 Å². The van der Waals surface area contributed by atoms with E-state index in [2.05, 4.69) is 27.7 Å². The van der Waals surface area contributed by atoms with Gasteiger partial charge in [-0.2, -0.15) is 19.2 Å². The quantitative estimate of drug-likeness (QED) is 0.0218. The molecule has 420 valence electrons. The van der Waals surface area contributed by atoms with Gasteiger partial charge in [0.05, 0.1) is 6.61 Å². The molecule has 0 amide bonds. The smallest absolute Gasteiger partial charge is 0.870 e. The molecule has 0 aliphatic rings. The molecule has 6 aromatic rings. The first-order chi connectivity index (χ1) is 36.7. The van der Waals surface area contributed by atoms with Crippen LogP contribution < -0.4 is 51.4 Å². The number of ether oxygens (including phenoxy) is 1. The minimum atomic E-state index is -1.45. The number of benzene rings is 2. The Morgan fingerprint density at radius 2 is 0.846 bits per heavy atom. The summed E-state index contributed by atoms with van der Waals surface area (Å²) in [6.07, 6.45) is 22.6. The Kier molecular flexibility index (Phi) is 37.5. The van der Waals surface area contributed by atoms with E-state index in [0.717, 1.165) is 115 Å². The van der Waals surface area contributed by atoms with Crippen LogP contribution >= 0.6 is 45.3 Å². The topological polar surface area (TPSA) is 162 Å². The van der Waals surface area contributed by atoms with Gasteiger partial charge in [0, 0.05) is 61.3 Å². The third-order valence-corrected chi connectivity index (χ3v) is 17.2. The van der Waals surface area contributed by atoms with Crippen LogP contribution in [0.3, 0.4) is 0 Å². The number of hydrogen-bond donors (Lipinski definition) is 1. The molecule has 0 aliphatic heterocycles. The molecule has 18 heteroatoms. The molecular weight excluding hydrogens is 1110 g/mol. The summed E-state index contributed by atoms with van der Waals surface area (Å²) in [7, 11) is 0. The van der Waals surface area contributed by atoms with Gasteiger partial charge in [0.15, 0.2) is 0 Å². The number of hydrogen-bond acceptors (Lipinski definition) is 12. The molecule has 0 fully saturated rings. The molecule has 2 aromatic carbocycles. The van der Waals surface area contributed by atoms with Crippen molar-refractivity contribution in [3.63, 3.8) is 0 Å². The zero-order valence-corrected chi connectivity index (χ0v) is 52.5. The summed E-state index contributed by atoms with van der Waals surface area (Å²) in [5.41, 5.74) is -0.436. The fourth-order valence-corrected chi connectivity index (χ4v) is 13.1. The normalized spacial score (nSPS) is 10.3. The molecule has 0 unspecified atom stereocenters. The van der Waals surface area contributed by atoms with E-state index >= 15 is 17.6 Å². The summed E-state index contributed by atoms with van der Waals surface area (Å²) in [6.45, 7) is 12.3. The molecule has 4 heterocycles. The molecule has 6 rings (SSSR count). The summed E-state index contributed by atoms with van der Waals surface area (Å²) in [4.78, 5) is 64.3. The molecular formula is C60H73F4KO9S4. The molecule has 2 N–H and O–H groups in total. The van der Waals surface area contributed by atoms with E-state index in [9.17, 15) is 14.7 Å². The third-order valence-electron chi connectivity index (χ3n) is 12.5. The number of aryl methyl sites for hydroxylation is 4. The molecule has 0 atom stereocenters. The van der Waals surface area contributed by atoms with Gasteiger partial charge in [-0.25, -0.2) is 27.2 Å². The van der Waals surface area contributed by atoms with E-state index in [-0.39, 0.29) is 104 Å². The first-order valence-electron chi connectivity index (χ1n) is 26.6. The summed E-state index contributed by atoms with van der Waals surface area (Å²) < 4.78 is 68.5. The molecule has 9 nitrogen and oxygen atoms in total. The monoisotopic (exact) mass is 1180 g/mol. The zero-order chi connectivity index (χ0) is 56.0. The predicted octanol–water partition coefficient (Wildman–Crippen LogP) is 15.4. The van der Waals surface area contributed by atoms with Gasteiger partial charge in [-0.15, -0.1) is 45.3 Å². The van der Waals surface area contributed by atoms with Crippen LogP contribution in [-0.2, 0) is 56.0 Å². The number of thiophene rings is 4. The van der Waals surface area contributed by atoms with Crippen molar-refractivity contribution in [2.45, 2.75) is 176 Å². The van der Waals surface area contributed by atoms with Crippen LogP contribution in [0.25, 0.3) is 41.8 Å². The van der Waals surface area contributed by atoms with Gasteiger partial charge < -0.3 is 15.3 Å². The van der Waals surface area contributed by atoms with Crippen molar-refractivity contribution < 1.29 is 113 Å². The van der Waals surface area contributed by atoms with Crippen molar-refractivity contribution in [2.75, 3.05) is 6.61 Å². The number of carbonyl (C=O) groups excluding carboxylic acids is 5. The van der Waals surface area contributed by atoms with Gasteiger partial charge in [0.1, 0.15) is 34.4 Å². The maximum atomic E-state index is 16.3. The number of carboxylic acids is 1. The molecule has 0 spiro atoms. The van der Waals surface area contributed by atoms with E-state index in [4.69, 9.17) is 23.9 Å². The summed E-state index contributed by atoms with van der Waals surface area (Å²) in [5, 5.41) is 9.78. The van der Waals surface area contributed by atoms with Gasteiger partial charge in [-0.05, 0) is 125 Å². The van der Waals surface area contributed by atoms with Crippen LogP contribution in [0.4, 0.5) is 17.6 Å². The van der Waals surface area contributed by atoms with Crippen LogP contribution in [0.15, 0.2) is 54.6 Å². The second-order valence-corrected chi connectivity index (χ2v) is 22.7. The van der Waals surface area contributed by atoms with Gasteiger partial charge in [-0.1, -0.05) is 112 Å². The SMILES string of the molecule is CCCCCCc1ccc(-c2c(F)c(C(=O)OCC)c(-c3ccc(CCCCCC)s3)c(F)c2CC)s1.CCCCCCc1ccc(-c2cc(F)c(-c3ccc(CCCCCC)s3)c(C(=O)O)c2F)s1.O=C=O.O=C=O.[K+].[OH-]. The maximum absolute atomic E-state index is 16.3. The van der Waals surface area contributed by atoms with E-state index in [1.165, 1.54) is 83.9 Å². The van der Waals surface area contributed by atoms with E-state index < -0.39 is 40.8 Å². The molecule has 0 saturated carbocycles. The average Bonchev–Trinajstić information content (AvgIpc) is 4.25. The van der Waals surface area contributed by atoms with Crippen molar-refractivity contribution in [1.82, 2.24) is 0 Å². The minimum Gasteiger partial charge on any atom is -0.870 e. The Morgan fingerprint density at radius 3 is 1.21 bits per heavy atom. The zero-order valence-electron chi connectivity index (χ0n) is 46.1. The van der Waals surface area contributed by atoms with Crippen molar-refractivity contribution >= 4 is 69.6 Å². The molecule has 78 heavy (non-hydrogen) atoms. The van der Waals surface area contributed by atoms with Crippen molar-refractivity contribution in [2.24, 2.45) is 0 Å². The summed E-state index contributed by atoms with van der Waals surface area (Å²) in [5.74, 6) is -5.01. The molecule has 4 aromatic heterocycles. The predicted molar refractivity (Wildman–Crippen MR) is 302 cm³/mol. The van der Waals surface area contributed by atoms with Crippen molar-refractivity contribution in [3.8, 4) is 41.8 Å². The average molecular weight is 1180 g/mol. The first-order valence-corrected chi connectivity index (χ1v) is 29.8. The molecule has 0 saturated heterocycles. The van der Waals surface area contributed by atoms with Gasteiger partial charge >= 0.3 is 75.6 Å². The van der Waals surface area contributed by atoms with Crippen LogP contribution in [0, 0.1) is 23.3 Å². The summed E-state index contributed by atoms with van der Waals surface area (Å²) >= 11 is 5.69. The maximum Gasteiger partial charge on any atom is 1.00 e. The number of halogens is 4. The molecule has 0 aliphatic carbocycles. The van der Waals surface area contributed by atoms with E-state index in [0.29, 0.717) is 31.5 Å². The van der Waals surface area contributed by atoms with Crippen LogP contribution in [0.1, 0.15) is 190 Å². The van der Waals surface area contributed by atoms with Gasteiger partial charge in [-0.3, -0.25) is 0 Å². The number of carbonyl (C=O) groups is 2. The van der Waals surface area contributed by atoms with E-state index in [1.54, 1.807) is 19.1 Å². The fraction of sp³-hybridized carbons (Fsp3) is 0.467. The number of rotatable bonds is 28. The van der Waals surface area contributed by atoms with Gasteiger partial charge in [0.25, 0.3) is 0 Å². The Morgan fingerprint density at radius 1 is 0.487 bits per heavy atom. The largest absolute Gasteiger partial charge is 1.00 e. The van der Waals surface area contributed by atoms with Crippen molar-refractivity contribution in [1.29, 1.82) is 0 Å². The Balaban J connectivity index is 0.000000695. The Labute approximate surface area is 516 Å². The Bertz CT molecular complexity index is 2790. The number of esters is 1. The minimum absolute atomic E-state index is 0. The number of aromatic carboxylic acids is 1.